The van der Waals surface area contributed by atoms with Gasteiger partial charge in [-0.3, -0.25) is 15.1 Å². The summed E-state index contributed by atoms with van der Waals surface area (Å²) in [7, 11) is 0. The Kier molecular flexibility index (Phi) is 7.59. The summed E-state index contributed by atoms with van der Waals surface area (Å²) in [6.07, 6.45) is 4.12. The highest BCUT2D eigenvalue weighted by Crippen LogP contribution is 2.34. The molecule has 5 rings (SSSR count). The van der Waals surface area contributed by atoms with Gasteiger partial charge in [-0.05, 0) is 62.2 Å². The van der Waals surface area contributed by atoms with E-state index in [1.807, 2.05) is 18.2 Å². The van der Waals surface area contributed by atoms with Gasteiger partial charge in [-0.2, -0.15) is 0 Å². The molecule has 1 aliphatic heterocycles. The first-order valence-electron chi connectivity index (χ1n) is 12.6. The van der Waals surface area contributed by atoms with E-state index in [0.717, 1.165) is 25.2 Å². The molecule has 10 heteroatoms. The summed E-state index contributed by atoms with van der Waals surface area (Å²) in [5.74, 6) is 7.69. The lowest BCUT2D eigenvalue weighted by molar-refractivity contribution is -0.385. The number of nitrogens with one attached hydrogen (secondary N) is 2. The van der Waals surface area contributed by atoms with Gasteiger partial charge in [0.2, 0.25) is 0 Å². The van der Waals surface area contributed by atoms with Crippen molar-refractivity contribution in [3.63, 3.8) is 0 Å². The Morgan fingerprint density at radius 3 is 2.85 bits per heavy atom. The van der Waals surface area contributed by atoms with Crippen molar-refractivity contribution in [3.8, 4) is 17.6 Å². The van der Waals surface area contributed by atoms with Crippen LogP contribution in [-0.4, -0.2) is 33.0 Å². The number of hydrogen-bond acceptors (Lipinski definition) is 8. The number of aromatic nitrogens is 3. The highest BCUT2D eigenvalue weighted by Gasteiger charge is 2.32. The second kappa shape index (κ2) is 11.2. The Hall–Kier alpha value is -4.26. The molecule has 2 aromatic carbocycles. The van der Waals surface area contributed by atoms with Crippen molar-refractivity contribution in [2.75, 3.05) is 18.4 Å². The van der Waals surface area contributed by atoms with E-state index in [0.29, 0.717) is 44.7 Å². The molecule has 1 unspecified atom stereocenters. The molecule has 2 aromatic heterocycles. The van der Waals surface area contributed by atoms with Gasteiger partial charge in [-0.15, -0.1) is 0 Å². The highest BCUT2D eigenvalue weighted by molar-refractivity contribution is 6.32. The maximum Gasteiger partial charge on any atom is 0.285 e. The number of piperidine rings is 1. The second-order valence-corrected chi connectivity index (χ2v) is 10.2. The first-order valence-corrected chi connectivity index (χ1v) is 13.0. The third-order valence-corrected chi connectivity index (χ3v) is 7.36. The summed E-state index contributed by atoms with van der Waals surface area (Å²) in [6, 6.07) is 14.0. The minimum Gasteiger partial charge on any atom is -0.486 e. The van der Waals surface area contributed by atoms with Crippen LogP contribution >= 0.6 is 11.6 Å². The van der Waals surface area contributed by atoms with Gasteiger partial charge < -0.3 is 15.4 Å². The fraction of sp³-hybridized carbons (Fsp3) is 0.276. The van der Waals surface area contributed by atoms with Crippen LogP contribution in [0, 0.1) is 33.3 Å². The van der Waals surface area contributed by atoms with Crippen molar-refractivity contribution in [2.45, 2.75) is 26.9 Å². The molecule has 9 nitrogen and oxygen atoms in total. The van der Waals surface area contributed by atoms with Crippen LogP contribution in [0.1, 0.15) is 31.5 Å². The summed E-state index contributed by atoms with van der Waals surface area (Å²) in [5, 5.41) is 19.5. The number of rotatable bonds is 6. The number of nitro benzene ring substituents is 1. The van der Waals surface area contributed by atoms with Crippen LogP contribution in [0.4, 0.5) is 17.2 Å². The molecule has 0 spiro atoms. The van der Waals surface area contributed by atoms with Gasteiger partial charge in [0.05, 0.1) is 21.2 Å². The van der Waals surface area contributed by atoms with Crippen LogP contribution in [-0.2, 0) is 6.61 Å². The lowest BCUT2D eigenvalue weighted by atomic mass is 9.74. The number of nitrogens with zero attached hydrogens (tertiary/aromatic N) is 4. The first-order chi connectivity index (χ1) is 18.8. The lowest BCUT2D eigenvalue weighted by Gasteiger charge is -2.35. The van der Waals surface area contributed by atoms with Crippen molar-refractivity contribution in [2.24, 2.45) is 11.3 Å². The molecule has 198 valence electrons. The van der Waals surface area contributed by atoms with Crippen LogP contribution in [0.2, 0.25) is 5.02 Å². The average Bonchev–Trinajstić information content (AvgIpc) is 2.93. The van der Waals surface area contributed by atoms with Gasteiger partial charge >= 0.3 is 0 Å². The average molecular weight is 543 g/mol. The zero-order chi connectivity index (χ0) is 27.4. The maximum absolute atomic E-state index is 12.0. The zero-order valence-electron chi connectivity index (χ0n) is 21.6. The zero-order valence-corrected chi connectivity index (χ0v) is 22.3. The molecular weight excluding hydrogens is 516 g/mol. The summed E-state index contributed by atoms with van der Waals surface area (Å²) in [6.45, 7) is 6.24. The van der Waals surface area contributed by atoms with E-state index < -0.39 is 4.92 Å². The van der Waals surface area contributed by atoms with E-state index in [9.17, 15) is 10.1 Å². The molecule has 1 fully saturated rings. The van der Waals surface area contributed by atoms with Crippen molar-refractivity contribution >= 4 is 39.7 Å². The summed E-state index contributed by atoms with van der Waals surface area (Å²) >= 11 is 6.46. The van der Waals surface area contributed by atoms with Crippen LogP contribution in [0.15, 0.2) is 61.1 Å². The molecule has 1 aliphatic rings. The van der Waals surface area contributed by atoms with E-state index in [-0.39, 0.29) is 17.7 Å². The predicted molar refractivity (Wildman–Crippen MR) is 151 cm³/mol. The number of benzene rings is 2. The van der Waals surface area contributed by atoms with Crippen LogP contribution in [0.3, 0.4) is 0 Å². The third-order valence-electron chi connectivity index (χ3n) is 7.06. The van der Waals surface area contributed by atoms with E-state index in [2.05, 4.69) is 51.3 Å². The Labute approximate surface area is 231 Å². The number of pyridine rings is 1. The number of nitro groups is 1. The van der Waals surface area contributed by atoms with E-state index in [4.69, 9.17) is 16.3 Å². The van der Waals surface area contributed by atoms with Gasteiger partial charge in [0.1, 0.15) is 30.1 Å². The van der Waals surface area contributed by atoms with E-state index >= 15 is 0 Å². The summed E-state index contributed by atoms with van der Waals surface area (Å²) in [5.41, 5.74) is 1.93. The summed E-state index contributed by atoms with van der Waals surface area (Å²) < 4.78 is 5.79. The fourth-order valence-corrected chi connectivity index (χ4v) is 4.68. The van der Waals surface area contributed by atoms with Gasteiger partial charge in [0.15, 0.2) is 0 Å². The smallest absolute Gasteiger partial charge is 0.285 e. The van der Waals surface area contributed by atoms with Crippen molar-refractivity contribution in [1.29, 1.82) is 0 Å². The maximum atomic E-state index is 12.0. The molecule has 0 amide bonds. The molecule has 0 bridgehead atoms. The Balaban J connectivity index is 1.42. The molecule has 0 saturated carbocycles. The summed E-state index contributed by atoms with van der Waals surface area (Å²) in [4.78, 5) is 24.5. The molecule has 0 aliphatic carbocycles. The number of hydrogen-bond donors (Lipinski definition) is 2. The number of ether oxygens (including phenoxy) is 1. The number of anilines is 2. The minimum atomic E-state index is -0.421. The fourth-order valence-electron chi connectivity index (χ4n) is 4.45. The Morgan fingerprint density at radius 1 is 1.23 bits per heavy atom. The minimum absolute atomic E-state index is 0.0934. The predicted octanol–water partition coefficient (Wildman–Crippen LogP) is 5.90. The quantitative estimate of drug-likeness (QED) is 0.176. The van der Waals surface area contributed by atoms with Crippen LogP contribution in [0.25, 0.3) is 10.9 Å². The largest absolute Gasteiger partial charge is 0.486 e. The molecule has 4 aromatic rings. The second-order valence-electron chi connectivity index (χ2n) is 9.78. The molecule has 2 atom stereocenters. The molecular formula is C29H27ClN6O3. The molecule has 1 saturated heterocycles. The third kappa shape index (κ3) is 5.93. The van der Waals surface area contributed by atoms with Gasteiger partial charge in [0, 0.05) is 35.3 Å². The first kappa shape index (κ1) is 26.4. The standard InChI is InChI=1S/C29H27ClN6O3/c1-19-9-12-31-17-29(19,2)10-8-20-13-25-23(15-26(20)36(37)38)28(34-18-33-25)35-21-6-7-27(24(30)14-21)39-16-22-5-3-4-11-32-22/h3-7,11,13-15,18-19,31H,9,12,16-17H2,1-2H3,(H,33,34,35)/t19?,29-/m1/s1. The van der Waals surface area contributed by atoms with Crippen molar-refractivity contribution in [1.82, 2.24) is 20.3 Å². The SMILES string of the molecule is CC1CCNC[C@@]1(C)C#Cc1cc2ncnc(Nc3ccc(OCc4ccccn4)c(Cl)c3)c2cc1[N+](=O)[O-]. The molecule has 39 heavy (non-hydrogen) atoms. The Bertz CT molecular complexity index is 1590. The number of fused-ring (bicyclic) bond motifs is 1. The highest BCUT2D eigenvalue weighted by atomic mass is 35.5. The van der Waals surface area contributed by atoms with E-state index in [1.165, 1.54) is 12.4 Å². The monoisotopic (exact) mass is 542 g/mol. The van der Waals surface area contributed by atoms with Gasteiger partial charge in [0.25, 0.3) is 5.69 Å². The van der Waals surface area contributed by atoms with Gasteiger partial charge in [-0.25, -0.2) is 9.97 Å². The van der Waals surface area contributed by atoms with Crippen molar-refractivity contribution in [3.05, 3.63) is 87.4 Å². The molecule has 0 radical (unpaired) electrons. The number of halogens is 1. The topological polar surface area (TPSA) is 115 Å². The lowest BCUT2D eigenvalue weighted by Crippen LogP contribution is -2.42. The Morgan fingerprint density at radius 2 is 2.10 bits per heavy atom. The molecule has 3 heterocycles. The van der Waals surface area contributed by atoms with Gasteiger partial charge in [-0.1, -0.05) is 36.4 Å². The van der Waals surface area contributed by atoms with E-state index in [1.54, 1.807) is 30.5 Å². The molecule has 2 N–H and O–H groups in total. The van der Waals surface area contributed by atoms with Crippen LogP contribution in [0.5, 0.6) is 5.75 Å². The van der Waals surface area contributed by atoms with Crippen molar-refractivity contribution < 1.29 is 9.66 Å². The van der Waals surface area contributed by atoms with Crippen LogP contribution < -0.4 is 15.4 Å². The normalized spacial score (nSPS) is 18.7.